The Kier molecular flexibility index (Phi) is 3.60. The van der Waals surface area contributed by atoms with Gasteiger partial charge in [-0.3, -0.25) is 4.68 Å². The highest BCUT2D eigenvalue weighted by molar-refractivity contribution is 5.65. The number of nitrogens with one attached hydrogen (secondary N) is 1. The van der Waals surface area contributed by atoms with E-state index in [-0.39, 0.29) is 0 Å². The molecule has 1 aliphatic rings. The van der Waals surface area contributed by atoms with Gasteiger partial charge in [0.1, 0.15) is 5.82 Å². The number of anilines is 2. The minimum absolute atomic E-state index is 0.735. The fourth-order valence-electron chi connectivity index (χ4n) is 2.32. The highest BCUT2D eigenvalue weighted by Crippen LogP contribution is 2.36. The van der Waals surface area contributed by atoms with Gasteiger partial charge in [-0.25, -0.2) is 0 Å². The maximum atomic E-state index is 6.12. The number of hydrogen-bond acceptors (Lipinski definition) is 3. The first-order chi connectivity index (χ1) is 8.13. The van der Waals surface area contributed by atoms with Crippen molar-refractivity contribution in [3.05, 3.63) is 5.69 Å². The molecule has 1 atom stereocenters. The number of aryl methyl sites for hydroxylation is 2. The summed E-state index contributed by atoms with van der Waals surface area (Å²) in [4.78, 5) is 0. The molecular weight excluding hydrogens is 212 g/mol. The Balaban J connectivity index is 1.98. The molecule has 3 N–H and O–H groups in total. The highest BCUT2D eigenvalue weighted by Gasteiger charge is 2.27. The van der Waals surface area contributed by atoms with E-state index in [1.54, 1.807) is 0 Å². The normalized spacial score (nSPS) is 17.1. The molecule has 1 unspecified atom stereocenters. The molecule has 4 nitrogen and oxygen atoms in total. The zero-order valence-corrected chi connectivity index (χ0v) is 11.2. The third kappa shape index (κ3) is 2.73. The highest BCUT2D eigenvalue weighted by atomic mass is 15.3. The molecule has 0 aromatic carbocycles. The molecule has 4 heteroatoms. The molecule has 1 heterocycles. The standard InChI is InChI=1S/C13H24N4/c1-4-5-11-12(14)13(17(3)16-11)15-8-9(2)10-6-7-10/h9-10,15H,4-8,14H2,1-3H3. The lowest BCUT2D eigenvalue weighted by atomic mass is 10.1. The lowest BCUT2D eigenvalue weighted by molar-refractivity contribution is 0.534. The predicted molar refractivity (Wildman–Crippen MR) is 72.0 cm³/mol. The molecule has 0 bridgehead atoms. The van der Waals surface area contributed by atoms with Crippen molar-refractivity contribution in [2.24, 2.45) is 18.9 Å². The van der Waals surface area contributed by atoms with Crippen LogP contribution in [0.3, 0.4) is 0 Å². The van der Waals surface area contributed by atoms with E-state index in [2.05, 4.69) is 24.3 Å². The summed E-state index contributed by atoms with van der Waals surface area (Å²) in [6.45, 7) is 5.46. The number of nitrogen functional groups attached to an aromatic ring is 1. The van der Waals surface area contributed by atoms with Gasteiger partial charge in [-0.05, 0) is 31.1 Å². The Morgan fingerprint density at radius 3 is 2.82 bits per heavy atom. The number of rotatable bonds is 6. The molecule has 1 aromatic rings. The zero-order valence-electron chi connectivity index (χ0n) is 11.2. The lowest BCUT2D eigenvalue weighted by Gasteiger charge is -2.13. The van der Waals surface area contributed by atoms with Gasteiger partial charge in [0.2, 0.25) is 0 Å². The fraction of sp³-hybridized carbons (Fsp3) is 0.769. The summed E-state index contributed by atoms with van der Waals surface area (Å²) in [6.07, 6.45) is 4.83. The SMILES string of the molecule is CCCc1nn(C)c(NCC(C)C2CC2)c1N. The number of nitrogens with two attached hydrogens (primary N) is 1. The van der Waals surface area contributed by atoms with E-state index in [9.17, 15) is 0 Å². The van der Waals surface area contributed by atoms with E-state index in [4.69, 9.17) is 5.73 Å². The molecule has 17 heavy (non-hydrogen) atoms. The summed E-state index contributed by atoms with van der Waals surface area (Å²) in [5, 5.41) is 7.92. The molecule has 1 fully saturated rings. The van der Waals surface area contributed by atoms with Gasteiger partial charge in [-0.1, -0.05) is 20.3 Å². The van der Waals surface area contributed by atoms with Crippen molar-refractivity contribution in [1.29, 1.82) is 0 Å². The molecule has 1 saturated carbocycles. The Labute approximate surface area is 104 Å². The van der Waals surface area contributed by atoms with Crippen LogP contribution >= 0.6 is 0 Å². The Bertz CT molecular complexity index is 379. The smallest absolute Gasteiger partial charge is 0.147 e. The van der Waals surface area contributed by atoms with Crippen LogP contribution in [0.15, 0.2) is 0 Å². The molecule has 96 valence electrons. The van der Waals surface area contributed by atoms with Gasteiger partial charge in [0.25, 0.3) is 0 Å². The van der Waals surface area contributed by atoms with Gasteiger partial charge in [0, 0.05) is 13.6 Å². The molecule has 1 aliphatic carbocycles. The fourth-order valence-corrected chi connectivity index (χ4v) is 2.32. The van der Waals surface area contributed by atoms with Gasteiger partial charge in [0.05, 0.1) is 11.4 Å². The van der Waals surface area contributed by atoms with Crippen molar-refractivity contribution in [2.75, 3.05) is 17.6 Å². The van der Waals surface area contributed by atoms with E-state index in [0.717, 1.165) is 48.4 Å². The molecule has 0 saturated heterocycles. The summed E-state index contributed by atoms with van der Waals surface area (Å²) < 4.78 is 1.87. The molecule has 1 aromatic heterocycles. The minimum Gasteiger partial charge on any atom is -0.394 e. The quantitative estimate of drug-likeness (QED) is 0.797. The predicted octanol–water partition coefficient (Wildman–Crippen LogP) is 2.41. The van der Waals surface area contributed by atoms with Crippen LogP contribution in [0.5, 0.6) is 0 Å². The molecule has 2 rings (SSSR count). The van der Waals surface area contributed by atoms with Crippen molar-refractivity contribution < 1.29 is 0 Å². The van der Waals surface area contributed by atoms with Crippen molar-refractivity contribution in [3.8, 4) is 0 Å². The molecule has 0 amide bonds. The summed E-state index contributed by atoms with van der Waals surface area (Å²) in [7, 11) is 1.96. The van der Waals surface area contributed by atoms with Gasteiger partial charge >= 0.3 is 0 Å². The van der Waals surface area contributed by atoms with Crippen LogP contribution < -0.4 is 11.1 Å². The topological polar surface area (TPSA) is 55.9 Å². The van der Waals surface area contributed by atoms with E-state index < -0.39 is 0 Å². The molecule has 0 spiro atoms. The van der Waals surface area contributed by atoms with Crippen molar-refractivity contribution in [2.45, 2.75) is 39.5 Å². The third-order valence-electron chi connectivity index (χ3n) is 3.67. The molecule has 0 radical (unpaired) electrons. The third-order valence-corrected chi connectivity index (χ3v) is 3.67. The van der Waals surface area contributed by atoms with Crippen LogP contribution in [0, 0.1) is 11.8 Å². The summed E-state index contributed by atoms with van der Waals surface area (Å²) in [5.41, 5.74) is 7.98. The summed E-state index contributed by atoms with van der Waals surface area (Å²) in [6, 6.07) is 0. The monoisotopic (exact) mass is 236 g/mol. The maximum absolute atomic E-state index is 6.12. The van der Waals surface area contributed by atoms with Crippen molar-refractivity contribution >= 4 is 11.5 Å². The number of aromatic nitrogens is 2. The van der Waals surface area contributed by atoms with Crippen LogP contribution in [0.2, 0.25) is 0 Å². The van der Waals surface area contributed by atoms with Crippen LogP contribution in [-0.4, -0.2) is 16.3 Å². The van der Waals surface area contributed by atoms with Crippen molar-refractivity contribution in [1.82, 2.24) is 9.78 Å². The van der Waals surface area contributed by atoms with Crippen LogP contribution in [-0.2, 0) is 13.5 Å². The summed E-state index contributed by atoms with van der Waals surface area (Å²) in [5.74, 6) is 2.65. The van der Waals surface area contributed by atoms with Gasteiger partial charge in [-0.2, -0.15) is 5.10 Å². The van der Waals surface area contributed by atoms with Gasteiger partial charge < -0.3 is 11.1 Å². The average molecular weight is 236 g/mol. The largest absolute Gasteiger partial charge is 0.394 e. The first-order valence-electron chi connectivity index (χ1n) is 6.68. The Hall–Kier alpha value is -1.19. The Morgan fingerprint density at radius 1 is 1.53 bits per heavy atom. The second kappa shape index (κ2) is 4.98. The van der Waals surface area contributed by atoms with Crippen LogP contribution in [0.25, 0.3) is 0 Å². The second-order valence-corrected chi connectivity index (χ2v) is 5.28. The van der Waals surface area contributed by atoms with Crippen LogP contribution in [0.4, 0.5) is 11.5 Å². The number of nitrogens with zero attached hydrogens (tertiary/aromatic N) is 2. The zero-order chi connectivity index (χ0) is 12.4. The van der Waals surface area contributed by atoms with E-state index in [0.29, 0.717) is 0 Å². The molecule has 0 aliphatic heterocycles. The lowest BCUT2D eigenvalue weighted by Crippen LogP contribution is -2.15. The number of hydrogen-bond donors (Lipinski definition) is 2. The molecular formula is C13H24N4. The minimum atomic E-state index is 0.735. The Morgan fingerprint density at radius 2 is 2.24 bits per heavy atom. The average Bonchev–Trinajstić information content (AvgIpc) is 3.08. The maximum Gasteiger partial charge on any atom is 0.147 e. The summed E-state index contributed by atoms with van der Waals surface area (Å²) >= 11 is 0. The van der Waals surface area contributed by atoms with Crippen molar-refractivity contribution in [3.63, 3.8) is 0 Å². The van der Waals surface area contributed by atoms with E-state index in [1.165, 1.54) is 12.8 Å². The van der Waals surface area contributed by atoms with Crippen LogP contribution in [0.1, 0.15) is 38.8 Å². The van der Waals surface area contributed by atoms with Gasteiger partial charge in [-0.15, -0.1) is 0 Å². The van der Waals surface area contributed by atoms with Gasteiger partial charge in [0.15, 0.2) is 0 Å². The second-order valence-electron chi connectivity index (χ2n) is 5.28. The van der Waals surface area contributed by atoms with E-state index in [1.807, 2.05) is 11.7 Å². The first-order valence-corrected chi connectivity index (χ1v) is 6.68. The first kappa shape index (κ1) is 12.3. The van der Waals surface area contributed by atoms with E-state index >= 15 is 0 Å².